The van der Waals surface area contributed by atoms with Crippen LogP contribution in [-0.4, -0.2) is 31.7 Å². The second-order valence-electron chi connectivity index (χ2n) is 7.05. The topological polar surface area (TPSA) is 66.5 Å². The van der Waals surface area contributed by atoms with Crippen LogP contribution in [0.15, 0.2) is 47.4 Å². The number of hydrogen-bond donors (Lipinski definition) is 1. The van der Waals surface area contributed by atoms with Crippen molar-refractivity contribution in [2.45, 2.75) is 31.6 Å². The molecule has 27 heavy (non-hydrogen) atoms. The molecule has 0 radical (unpaired) electrons. The third-order valence-corrected chi connectivity index (χ3v) is 7.10. The zero-order valence-corrected chi connectivity index (χ0v) is 17.0. The van der Waals surface area contributed by atoms with Crippen molar-refractivity contribution >= 4 is 33.2 Å². The highest BCUT2D eigenvalue weighted by atomic mass is 35.5. The molecule has 1 heterocycles. The Morgan fingerprint density at radius 2 is 1.74 bits per heavy atom. The van der Waals surface area contributed by atoms with E-state index in [1.54, 1.807) is 12.1 Å². The Hall–Kier alpha value is -1.89. The highest BCUT2D eigenvalue weighted by Gasteiger charge is 2.29. The Balaban J connectivity index is 1.85. The average molecular weight is 407 g/mol. The minimum Gasteiger partial charge on any atom is -0.322 e. The van der Waals surface area contributed by atoms with Gasteiger partial charge in [-0.1, -0.05) is 36.2 Å². The van der Waals surface area contributed by atoms with Gasteiger partial charge in [0.05, 0.1) is 15.5 Å². The average Bonchev–Trinajstić information content (AvgIpc) is 2.64. The van der Waals surface area contributed by atoms with E-state index in [-0.39, 0.29) is 15.5 Å². The Bertz CT molecular complexity index is 934. The molecule has 0 aliphatic carbocycles. The quantitative estimate of drug-likeness (QED) is 0.822. The van der Waals surface area contributed by atoms with Crippen molar-refractivity contribution in [3.05, 3.63) is 58.6 Å². The Morgan fingerprint density at radius 3 is 2.37 bits per heavy atom. The van der Waals surface area contributed by atoms with E-state index in [2.05, 4.69) is 12.2 Å². The summed E-state index contributed by atoms with van der Waals surface area (Å²) in [5.74, 6) is 0.0886. The van der Waals surface area contributed by atoms with E-state index >= 15 is 0 Å². The number of nitrogens with one attached hydrogen (secondary N) is 1. The predicted molar refractivity (Wildman–Crippen MR) is 108 cm³/mol. The van der Waals surface area contributed by atoms with Gasteiger partial charge in [-0.05, 0) is 56.0 Å². The third-order valence-electron chi connectivity index (χ3n) is 4.87. The summed E-state index contributed by atoms with van der Waals surface area (Å²) in [5, 5.41) is 2.97. The largest absolute Gasteiger partial charge is 0.322 e. The monoisotopic (exact) mass is 406 g/mol. The minimum atomic E-state index is -3.64. The highest BCUT2D eigenvalue weighted by molar-refractivity contribution is 7.89. The number of piperidine rings is 1. The first kappa shape index (κ1) is 19.9. The lowest BCUT2D eigenvalue weighted by Crippen LogP contribution is -2.37. The molecule has 1 N–H and O–H groups in total. The summed E-state index contributed by atoms with van der Waals surface area (Å²) in [7, 11) is -3.64. The number of hydrogen-bond acceptors (Lipinski definition) is 3. The molecule has 0 atom stereocenters. The van der Waals surface area contributed by atoms with Crippen molar-refractivity contribution in [1.29, 1.82) is 0 Å². The van der Waals surface area contributed by atoms with Gasteiger partial charge in [-0.25, -0.2) is 8.42 Å². The second-order valence-corrected chi connectivity index (χ2v) is 9.39. The lowest BCUT2D eigenvalue weighted by Gasteiger charge is -2.29. The molecule has 1 fully saturated rings. The van der Waals surface area contributed by atoms with Gasteiger partial charge in [0.15, 0.2) is 0 Å². The number of carbonyl (C=O) groups excluding carboxylic acids is 1. The lowest BCUT2D eigenvalue weighted by atomic mass is 10.0. The fourth-order valence-electron chi connectivity index (χ4n) is 3.05. The van der Waals surface area contributed by atoms with Crippen molar-refractivity contribution < 1.29 is 13.2 Å². The fraction of sp³-hybridized carbons (Fsp3) is 0.350. The van der Waals surface area contributed by atoms with Crippen LogP contribution < -0.4 is 5.32 Å². The zero-order valence-electron chi connectivity index (χ0n) is 15.4. The maximum Gasteiger partial charge on any atom is 0.257 e. The molecule has 1 saturated heterocycles. The molecule has 0 aromatic heterocycles. The normalized spacial score (nSPS) is 16.3. The predicted octanol–water partition coefficient (Wildman–Crippen LogP) is 4.32. The first-order valence-electron chi connectivity index (χ1n) is 8.95. The lowest BCUT2D eigenvalue weighted by molar-refractivity contribution is 0.102. The van der Waals surface area contributed by atoms with Gasteiger partial charge < -0.3 is 5.32 Å². The van der Waals surface area contributed by atoms with Gasteiger partial charge >= 0.3 is 0 Å². The molecule has 0 spiro atoms. The summed E-state index contributed by atoms with van der Waals surface area (Å²) in [6.45, 7) is 5.08. The minimum absolute atomic E-state index is 0.0931. The molecule has 1 aliphatic heterocycles. The van der Waals surface area contributed by atoms with Crippen LogP contribution in [0.4, 0.5) is 5.69 Å². The smallest absolute Gasteiger partial charge is 0.257 e. The van der Waals surface area contributed by atoms with Crippen molar-refractivity contribution in [3.63, 3.8) is 0 Å². The maximum absolute atomic E-state index is 12.9. The second kappa shape index (κ2) is 8.00. The number of carbonyl (C=O) groups is 1. The summed E-state index contributed by atoms with van der Waals surface area (Å²) in [6.07, 6.45) is 1.68. The van der Waals surface area contributed by atoms with E-state index < -0.39 is 15.9 Å². The van der Waals surface area contributed by atoms with Crippen LogP contribution in [0, 0.1) is 12.8 Å². The highest BCUT2D eigenvalue weighted by Crippen LogP contribution is 2.27. The van der Waals surface area contributed by atoms with E-state index in [1.165, 1.54) is 22.5 Å². The van der Waals surface area contributed by atoms with E-state index in [4.69, 9.17) is 11.6 Å². The standard InChI is InChI=1S/C20H23ClN2O3S/c1-14-3-5-16(6-4-14)22-20(24)18-13-17(7-8-19(18)21)27(25,26)23-11-9-15(2)10-12-23/h3-8,13,15H,9-12H2,1-2H3,(H,22,24). The molecule has 2 aromatic carbocycles. The fourth-order valence-corrected chi connectivity index (χ4v) is 4.75. The Labute approximate surface area is 165 Å². The van der Waals surface area contributed by atoms with Gasteiger partial charge in [0.2, 0.25) is 10.0 Å². The molecule has 0 unspecified atom stereocenters. The van der Waals surface area contributed by atoms with Crippen molar-refractivity contribution in [2.75, 3.05) is 18.4 Å². The van der Waals surface area contributed by atoms with Crippen LogP contribution in [0.5, 0.6) is 0 Å². The molecule has 0 saturated carbocycles. The van der Waals surface area contributed by atoms with Gasteiger partial charge in [0, 0.05) is 18.8 Å². The number of anilines is 1. The number of nitrogens with zero attached hydrogens (tertiary/aromatic N) is 1. The number of rotatable bonds is 4. The summed E-state index contributed by atoms with van der Waals surface area (Å²) < 4.78 is 27.3. The van der Waals surface area contributed by atoms with Crippen LogP contribution in [0.3, 0.4) is 0 Å². The summed E-state index contributed by atoms with van der Waals surface area (Å²) in [5.41, 5.74) is 1.85. The van der Waals surface area contributed by atoms with Crippen LogP contribution in [0.25, 0.3) is 0 Å². The Morgan fingerprint density at radius 1 is 1.11 bits per heavy atom. The number of sulfonamides is 1. The number of benzene rings is 2. The molecule has 0 bridgehead atoms. The van der Waals surface area contributed by atoms with E-state index in [0.717, 1.165) is 18.4 Å². The van der Waals surface area contributed by atoms with Gasteiger partial charge in [-0.15, -0.1) is 0 Å². The van der Waals surface area contributed by atoms with Crippen LogP contribution in [-0.2, 0) is 10.0 Å². The molecule has 3 rings (SSSR count). The van der Waals surface area contributed by atoms with Crippen LogP contribution in [0.2, 0.25) is 5.02 Å². The first-order chi connectivity index (χ1) is 12.8. The number of halogens is 1. The molecule has 7 heteroatoms. The number of aryl methyl sites for hydroxylation is 1. The maximum atomic E-state index is 12.9. The summed E-state index contributed by atoms with van der Waals surface area (Å²) in [6, 6.07) is 11.6. The Kier molecular flexibility index (Phi) is 5.89. The first-order valence-corrected chi connectivity index (χ1v) is 10.8. The van der Waals surface area contributed by atoms with Crippen molar-refractivity contribution in [3.8, 4) is 0 Å². The molecule has 144 valence electrons. The zero-order chi connectivity index (χ0) is 19.6. The third kappa shape index (κ3) is 4.51. The van der Waals surface area contributed by atoms with Gasteiger partial charge in [-0.3, -0.25) is 4.79 Å². The summed E-state index contributed by atoms with van der Waals surface area (Å²) >= 11 is 6.17. The molecule has 2 aromatic rings. The molecule has 5 nitrogen and oxygen atoms in total. The number of amides is 1. The summed E-state index contributed by atoms with van der Waals surface area (Å²) in [4.78, 5) is 12.7. The van der Waals surface area contributed by atoms with Gasteiger partial charge in [0.25, 0.3) is 5.91 Å². The van der Waals surface area contributed by atoms with E-state index in [1.807, 2.05) is 19.1 Å². The molecule has 1 amide bonds. The molecular formula is C20H23ClN2O3S. The molecular weight excluding hydrogens is 384 g/mol. The van der Waals surface area contributed by atoms with E-state index in [9.17, 15) is 13.2 Å². The molecule has 1 aliphatic rings. The van der Waals surface area contributed by atoms with Crippen molar-refractivity contribution in [1.82, 2.24) is 4.31 Å². The van der Waals surface area contributed by atoms with Crippen LogP contribution >= 0.6 is 11.6 Å². The van der Waals surface area contributed by atoms with Gasteiger partial charge in [-0.2, -0.15) is 4.31 Å². The van der Waals surface area contributed by atoms with Crippen LogP contribution in [0.1, 0.15) is 35.7 Å². The van der Waals surface area contributed by atoms with E-state index in [0.29, 0.717) is 24.7 Å². The van der Waals surface area contributed by atoms with Gasteiger partial charge in [0.1, 0.15) is 0 Å². The SMILES string of the molecule is Cc1ccc(NC(=O)c2cc(S(=O)(=O)N3CCC(C)CC3)ccc2Cl)cc1. The van der Waals surface area contributed by atoms with Crippen molar-refractivity contribution in [2.24, 2.45) is 5.92 Å².